The van der Waals surface area contributed by atoms with Crippen molar-refractivity contribution in [3.63, 3.8) is 0 Å². The van der Waals surface area contributed by atoms with Crippen LogP contribution >= 0.6 is 0 Å². The van der Waals surface area contributed by atoms with Crippen molar-refractivity contribution >= 4 is 11.0 Å². The Morgan fingerprint density at radius 3 is 2.43 bits per heavy atom. The first-order valence-electron chi connectivity index (χ1n) is 6.75. The van der Waals surface area contributed by atoms with Crippen molar-refractivity contribution in [1.29, 1.82) is 0 Å². The van der Waals surface area contributed by atoms with E-state index in [1.165, 1.54) is 6.07 Å². The van der Waals surface area contributed by atoms with Gasteiger partial charge in [0.05, 0.1) is 16.6 Å². The molecule has 116 valence electrons. The molecule has 2 aromatic rings. The van der Waals surface area contributed by atoms with Gasteiger partial charge in [-0.25, -0.2) is 4.98 Å². The zero-order valence-corrected chi connectivity index (χ0v) is 11.4. The maximum Gasteiger partial charge on any atom is 0.416 e. The first-order valence-corrected chi connectivity index (χ1v) is 6.75. The van der Waals surface area contributed by atoms with Crippen LogP contribution in [0.5, 0.6) is 0 Å². The summed E-state index contributed by atoms with van der Waals surface area (Å²) in [5, 5.41) is 17.8. The molecule has 0 bridgehead atoms. The molecule has 2 rings (SSSR count). The normalized spacial score (nSPS) is 12.2. The summed E-state index contributed by atoms with van der Waals surface area (Å²) < 4.78 is 40.0. The van der Waals surface area contributed by atoms with E-state index in [0.717, 1.165) is 12.1 Å². The monoisotopic (exact) mass is 302 g/mol. The van der Waals surface area contributed by atoms with Crippen LogP contribution in [-0.2, 0) is 19.1 Å². The van der Waals surface area contributed by atoms with Crippen molar-refractivity contribution < 1.29 is 23.4 Å². The topological polar surface area (TPSA) is 58.3 Å². The number of aromatic nitrogens is 2. The number of aliphatic hydroxyl groups is 2. The number of halogens is 3. The quantitative estimate of drug-likeness (QED) is 0.861. The fourth-order valence-corrected chi connectivity index (χ4v) is 2.26. The predicted octanol–water partition coefficient (Wildman–Crippen LogP) is 2.36. The number of benzene rings is 1. The highest BCUT2D eigenvalue weighted by molar-refractivity contribution is 5.77. The van der Waals surface area contributed by atoms with Gasteiger partial charge < -0.3 is 14.8 Å². The molecule has 0 aliphatic carbocycles. The Kier molecular flexibility index (Phi) is 4.84. The van der Waals surface area contributed by atoms with E-state index in [9.17, 15) is 13.2 Å². The minimum Gasteiger partial charge on any atom is -0.396 e. The van der Waals surface area contributed by atoms with E-state index in [4.69, 9.17) is 10.2 Å². The Morgan fingerprint density at radius 1 is 1.10 bits per heavy atom. The molecule has 0 aliphatic rings. The van der Waals surface area contributed by atoms with E-state index in [-0.39, 0.29) is 18.7 Å². The van der Waals surface area contributed by atoms with E-state index in [1.807, 2.05) is 0 Å². The summed E-state index contributed by atoms with van der Waals surface area (Å²) in [7, 11) is 0. The number of rotatable bonds is 6. The van der Waals surface area contributed by atoms with Crippen LogP contribution in [-0.4, -0.2) is 33.0 Å². The van der Waals surface area contributed by atoms with Crippen LogP contribution < -0.4 is 0 Å². The summed E-state index contributed by atoms with van der Waals surface area (Å²) in [6.07, 6.45) is -2.92. The van der Waals surface area contributed by atoms with Gasteiger partial charge in [-0.3, -0.25) is 0 Å². The van der Waals surface area contributed by atoms with Gasteiger partial charge in [-0.2, -0.15) is 13.2 Å². The second kappa shape index (κ2) is 6.44. The average Bonchev–Trinajstić information content (AvgIpc) is 2.78. The van der Waals surface area contributed by atoms with Crippen LogP contribution in [0.1, 0.15) is 24.2 Å². The van der Waals surface area contributed by atoms with Crippen LogP contribution in [0.4, 0.5) is 13.2 Å². The molecule has 0 amide bonds. The number of aryl methyl sites for hydroxylation is 2. The third-order valence-corrected chi connectivity index (χ3v) is 3.25. The van der Waals surface area contributed by atoms with Crippen LogP contribution in [0.25, 0.3) is 11.0 Å². The summed E-state index contributed by atoms with van der Waals surface area (Å²) in [4.78, 5) is 4.25. The van der Waals surface area contributed by atoms with Crippen LogP contribution in [0.3, 0.4) is 0 Å². The highest BCUT2D eigenvalue weighted by atomic mass is 19.4. The molecule has 0 radical (unpaired) electrons. The van der Waals surface area contributed by atoms with Gasteiger partial charge in [0, 0.05) is 26.2 Å². The van der Waals surface area contributed by atoms with Gasteiger partial charge in [0.15, 0.2) is 0 Å². The number of aliphatic hydroxyl groups excluding tert-OH is 2. The molecule has 0 unspecified atom stereocenters. The van der Waals surface area contributed by atoms with Crippen molar-refractivity contribution in [3.05, 3.63) is 29.6 Å². The first kappa shape index (κ1) is 15.8. The number of hydrogen-bond donors (Lipinski definition) is 2. The lowest BCUT2D eigenvalue weighted by Crippen LogP contribution is -2.07. The van der Waals surface area contributed by atoms with Crippen molar-refractivity contribution in [2.45, 2.75) is 32.0 Å². The molecule has 1 aromatic carbocycles. The van der Waals surface area contributed by atoms with Crippen molar-refractivity contribution in [2.24, 2.45) is 0 Å². The van der Waals surface area contributed by atoms with Crippen LogP contribution in [0.15, 0.2) is 18.2 Å². The predicted molar refractivity (Wildman–Crippen MR) is 71.8 cm³/mol. The Hall–Kier alpha value is -1.60. The van der Waals surface area contributed by atoms with Gasteiger partial charge in [0.2, 0.25) is 0 Å². The summed E-state index contributed by atoms with van der Waals surface area (Å²) in [6, 6.07) is 3.48. The fourth-order valence-electron chi connectivity index (χ4n) is 2.26. The third kappa shape index (κ3) is 3.54. The minimum atomic E-state index is -4.39. The lowest BCUT2D eigenvalue weighted by atomic mass is 10.2. The molecule has 0 saturated heterocycles. The van der Waals surface area contributed by atoms with Gasteiger partial charge in [0.25, 0.3) is 0 Å². The molecular weight excluding hydrogens is 285 g/mol. The molecule has 0 aliphatic heterocycles. The van der Waals surface area contributed by atoms with Gasteiger partial charge in [-0.1, -0.05) is 0 Å². The fraction of sp³-hybridized carbons (Fsp3) is 0.500. The van der Waals surface area contributed by atoms with Crippen molar-refractivity contribution in [3.8, 4) is 0 Å². The number of nitrogens with zero attached hydrogens (tertiary/aromatic N) is 2. The Balaban J connectivity index is 2.45. The number of fused-ring (bicyclic) bond motifs is 1. The second-order valence-corrected chi connectivity index (χ2v) is 4.79. The highest BCUT2D eigenvalue weighted by Crippen LogP contribution is 2.31. The molecule has 0 saturated carbocycles. The van der Waals surface area contributed by atoms with E-state index < -0.39 is 11.7 Å². The van der Waals surface area contributed by atoms with Crippen molar-refractivity contribution in [2.75, 3.05) is 13.2 Å². The SMILES string of the molecule is OCCCc1nc2cc(C(F)(F)F)ccc2n1CCCO. The van der Waals surface area contributed by atoms with Gasteiger partial charge in [0.1, 0.15) is 5.82 Å². The minimum absolute atomic E-state index is 0.000250. The molecule has 0 spiro atoms. The molecular formula is C14H17F3N2O2. The van der Waals surface area contributed by atoms with Crippen molar-refractivity contribution in [1.82, 2.24) is 9.55 Å². The summed E-state index contributed by atoms with van der Waals surface area (Å²) in [5.74, 6) is 0.631. The van der Waals surface area contributed by atoms with Gasteiger partial charge >= 0.3 is 6.18 Å². The lowest BCUT2D eigenvalue weighted by Gasteiger charge is -2.09. The standard InChI is InChI=1S/C14H17F3N2O2/c15-14(16,17)10-4-5-12-11(9-10)18-13(3-1-7-20)19(12)6-2-8-21/h4-5,9,20-21H,1-3,6-8H2. The van der Waals surface area contributed by atoms with E-state index in [2.05, 4.69) is 4.98 Å². The summed E-state index contributed by atoms with van der Waals surface area (Å²) >= 11 is 0. The molecule has 7 heteroatoms. The Bertz CT molecular complexity index is 608. The highest BCUT2D eigenvalue weighted by Gasteiger charge is 2.31. The van der Waals surface area contributed by atoms with Crippen LogP contribution in [0.2, 0.25) is 0 Å². The van der Waals surface area contributed by atoms with E-state index >= 15 is 0 Å². The number of hydrogen-bond acceptors (Lipinski definition) is 3. The average molecular weight is 302 g/mol. The number of imidazole rings is 1. The second-order valence-electron chi connectivity index (χ2n) is 4.79. The third-order valence-electron chi connectivity index (χ3n) is 3.25. The molecule has 1 heterocycles. The first-order chi connectivity index (χ1) is 9.97. The van der Waals surface area contributed by atoms with Gasteiger partial charge in [-0.05, 0) is 31.0 Å². The molecule has 0 fully saturated rings. The van der Waals surface area contributed by atoms with E-state index in [0.29, 0.717) is 37.1 Å². The Morgan fingerprint density at radius 2 is 1.81 bits per heavy atom. The molecule has 0 atom stereocenters. The Labute approximate surface area is 119 Å². The molecule has 21 heavy (non-hydrogen) atoms. The summed E-state index contributed by atoms with van der Waals surface area (Å²) in [6.45, 7) is 0.482. The van der Waals surface area contributed by atoms with E-state index in [1.54, 1.807) is 4.57 Å². The zero-order valence-electron chi connectivity index (χ0n) is 11.4. The molecule has 2 N–H and O–H groups in total. The summed E-state index contributed by atoms with van der Waals surface area (Å²) in [5.41, 5.74) is 0.176. The smallest absolute Gasteiger partial charge is 0.396 e. The molecule has 1 aromatic heterocycles. The zero-order chi connectivity index (χ0) is 15.5. The largest absolute Gasteiger partial charge is 0.416 e. The molecule has 4 nitrogen and oxygen atoms in total. The maximum absolute atomic E-state index is 12.7. The lowest BCUT2D eigenvalue weighted by molar-refractivity contribution is -0.137. The maximum atomic E-state index is 12.7. The van der Waals surface area contributed by atoms with Gasteiger partial charge in [-0.15, -0.1) is 0 Å². The number of alkyl halides is 3. The van der Waals surface area contributed by atoms with Crippen LogP contribution in [0, 0.1) is 0 Å².